The smallest absolute Gasteiger partial charge is 0.549 e. The third-order valence-electron chi connectivity index (χ3n) is 1.41. The minimum absolute atomic E-state index is 0. The standard InChI is InChI=1S/C8H8O4S.Na/c9-8(10)6-13(11,12)7-4-2-1-3-5-7;/h1-5H,6H2,(H,9,10);/q;+1/p-1. The van der Waals surface area contributed by atoms with Crippen LogP contribution in [0.15, 0.2) is 35.2 Å². The summed E-state index contributed by atoms with van der Waals surface area (Å²) in [5.41, 5.74) is 0. The molecule has 0 aliphatic carbocycles. The monoisotopic (exact) mass is 222 g/mol. The number of hydrogen-bond acceptors (Lipinski definition) is 4. The van der Waals surface area contributed by atoms with E-state index >= 15 is 0 Å². The second kappa shape index (κ2) is 5.50. The third-order valence-corrected chi connectivity index (χ3v) is 3.02. The number of rotatable bonds is 3. The van der Waals surface area contributed by atoms with Crippen LogP contribution in [-0.4, -0.2) is 20.1 Å². The largest absolute Gasteiger partial charge is 1.00 e. The van der Waals surface area contributed by atoms with Gasteiger partial charge in [-0.2, -0.15) is 0 Å². The summed E-state index contributed by atoms with van der Waals surface area (Å²) in [4.78, 5) is 10.1. The Hall–Kier alpha value is -0.360. The van der Waals surface area contributed by atoms with E-state index in [0.717, 1.165) is 0 Å². The Morgan fingerprint density at radius 2 is 1.71 bits per heavy atom. The van der Waals surface area contributed by atoms with Gasteiger partial charge < -0.3 is 9.90 Å². The Bertz CT molecular complexity index is 399. The van der Waals surface area contributed by atoms with Crippen LogP contribution < -0.4 is 34.7 Å². The number of hydrogen-bond donors (Lipinski definition) is 0. The van der Waals surface area contributed by atoms with Crippen LogP contribution in [0, 0.1) is 0 Å². The van der Waals surface area contributed by atoms with Gasteiger partial charge in [0.2, 0.25) is 0 Å². The van der Waals surface area contributed by atoms with Gasteiger partial charge in [-0.3, -0.25) is 0 Å². The van der Waals surface area contributed by atoms with E-state index in [9.17, 15) is 18.3 Å². The maximum absolute atomic E-state index is 11.2. The Labute approximate surface area is 104 Å². The molecular formula is C8H7NaO4S. The summed E-state index contributed by atoms with van der Waals surface area (Å²) in [5.74, 6) is -2.57. The zero-order chi connectivity index (χ0) is 9.90. The van der Waals surface area contributed by atoms with Crippen molar-refractivity contribution in [1.29, 1.82) is 0 Å². The van der Waals surface area contributed by atoms with Crippen molar-refractivity contribution >= 4 is 15.8 Å². The van der Waals surface area contributed by atoms with Gasteiger partial charge in [-0.25, -0.2) is 8.42 Å². The molecule has 14 heavy (non-hydrogen) atoms. The molecule has 0 spiro atoms. The number of carboxylic acid groups (broad SMARTS) is 1. The average molecular weight is 222 g/mol. The summed E-state index contributed by atoms with van der Waals surface area (Å²) in [5, 5.41) is 10.1. The number of aliphatic carboxylic acids is 1. The van der Waals surface area contributed by atoms with Crippen LogP contribution in [0.2, 0.25) is 0 Å². The van der Waals surface area contributed by atoms with E-state index < -0.39 is 21.6 Å². The number of sulfone groups is 1. The summed E-state index contributed by atoms with van der Waals surface area (Å²) >= 11 is 0. The second-order valence-corrected chi connectivity index (χ2v) is 4.43. The van der Waals surface area contributed by atoms with E-state index in [1.807, 2.05) is 0 Å². The molecule has 0 aliphatic heterocycles. The molecule has 0 bridgehead atoms. The molecule has 0 saturated carbocycles. The molecule has 0 aromatic heterocycles. The maximum Gasteiger partial charge on any atom is 1.00 e. The topological polar surface area (TPSA) is 74.3 Å². The Balaban J connectivity index is 0.00000169. The first-order valence-corrected chi connectivity index (χ1v) is 5.15. The fourth-order valence-electron chi connectivity index (χ4n) is 0.866. The first kappa shape index (κ1) is 13.6. The molecule has 0 unspecified atom stereocenters. The van der Waals surface area contributed by atoms with Gasteiger partial charge in [0.1, 0.15) is 0 Å². The molecule has 0 radical (unpaired) electrons. The number of carbonyl (C=O) groups excluding carboxylic acids is 1. The van der Waals surface area contributed by atoms with E-state index in [1.165, 1.54) is 24.3 Å². The molecule has 0 N–H and O–H groups in total. The molecule has 0 heterocycles. The van der Waals surface area contributed by atoms with Crippen molar-refractivity contribution in [2.45, 2.75) is 4.90 Å². The Kier molecular flexibility index (Phi) is 5.36. The van der Waals surface area contributed by atoms with Crippen molar-refractivity contribution in [3.8, 4) is 0 Å². The van der Waals surface area contributed by atoms with Gasteiger partial charge >= 0.3 is 29.6 Å². The predicted octanol–water partition coefficient (Wildman–Crippen LogP) is -3.79. The van der Waals surface area contributed by atoms with Crippen molar-refractivity contribution in [2.24, 2.45) is 0 Å². The molecule has 1 rings (SSSR count). The van der Waals surface area contributed by atoms with Crippen LogP contribution in [0.4, 0.5) is 0 Å². The molecule has 0 fully saturated rings. The predicted molar refractivity (Wildman–Crippen MR) is 43.5 cm³/mol. The normalized spacial score (nSPS) is 10.3. The van der Waals surface area contributed by atoms with Crippen molar-refractivity contribution in [3.63, 3.8) is 0 Å². The van der Waals surface area contributed by atoms with E-state index in [1.54, 1.807) is 6.07 Å². The Morgan fingerprint density at radius 1 is 1.21 bits per heavy atom. The van der Waals surface area contributed by atoms with Gasteiger partial charge in [-0.05, 0) is 12.1 Å². The quantitative estimate of drug-likeness (QED) is 0.492. The van der Waals surface area contributed by atoms with Crippen molar-refractivity contribution in [1.82, 2.24) is 0 Å². The van der Waals surface area contributed by atoms with Crippen LogP contribution in [0.1, 0.15) is 0 Å². The van der Waals surface area contributed by atoms with Crippen molar-refractivity contribution < 1.29 is 47.9 Å². The van der Waals surface area contributed by atoms with E-state index in [-0.39, 0.29) is 34.5 Å². The minimum atomic E-state index is -3.72. The minimum Gasteiger partial charge on any atom is -0.549 e. The van der Waals surface area contributed by atoms with Gasteiger partial charge in [0.15, 0.2) is 9.84 Å². The van der Waals surface area contributed by atoms with Crippen molar-refractivity contribution in [2.75, 3.05) is 5.75 Å². The first-order chi connectivity index (χ1) is 6.02. The van der Waals surface area contributed by atoms with Crippen LogP contribution >= 0.6 is 0 Å². The van der Waals surface area contributed by atoms with Gasteiger partial charge in [0, 0.05) is 0 Å². The second-order valence-electron chi connectivity index (χ2n) is 2.44. The van der Waals surface area contributed by atoms with Crippen LogP contribution in [0.5, 0.6) is 0 Å². The summed E-state index contributed by atoms with van der Waals surface area (Å²) in [6, 6.07) is 7.40. The molecule has 1 aromatic carbocycles. The van der Waals surface area contributed by atoms with E-state index in [4.69, 9.17) is 0 Å². The summed E-state index contributed by atoms with van der Waals surface area (Å²) in [6.45, 7) is 0. The fraction of sp³-hybridized carbons (Fsp3) is 0.125. The average Bonchev–Trinajstić information content (AvgIpc) is 2.04. The number of carboxylic acids is 1. The van der Waals surface area contributed by atoms with E-state index in [0.29, 0.717) is 0 Å². The summed E-state index contributed by atoms with van der Waals surface area (Å²) in [6.07, 6.45) is 0. The number of benzene rings is 1. The maximum atomic E-state index is 11.2. The molecule has 0 saturated heterocycles. The number of carbonyl (C=O) groups is 1. The Morgan fingerprint density at radius 3 is 2.14 bits per heavy atom. The van der Waals surface area contributed by atoms with Crippen LogP contribution in [-0.2, 0) is 14.6 Å². The first-order valence-electron chi connectivity index (χ1n) is 3.50. The SMILES string of the molecule is O=C([O-])CS(=O)(=O)c1ccccc1.[Na+]. The molecular weight excluding hydrogens is 215 g/mol. The molecule has 0 atom stereocenters. The summed E-state index contributed by atoms with van der Waals surface area (Å²) < 4.78 is 22.4. The third kappa shape index (κ3) is 3.79. The molecule has 0 aliphatic rings. The fourth-order valence-corrected chi connectivity index (χ4v) is 1.92. The van der Waals surface area contributed by atoms with Gasteiger partial charge in [0.25, 0.3) is 0 Å². The van der Waals surface area contributed by atoms with Crippen molar-refractivity contribution in [3.05, 3.63) is 30.3 Å². The van der Waals surface area contributed by atoms with Crippen LogP contribution in [0.3, 0.4) is 0 Å². The van der Waals surface area contributed by atoms with Gasteiger partial charge in [-0.15, -0.1) is 0 Å². The zero-order valence-corrected chi connectivity index (χ0v) is 10.5. The van der Waals surface area contributed by atoms with E-state index in [2.05, 4.69) is 0 Å². The molecule has 0 amide bonds. The molecule has 1 aromatic rings. The summed E-state index contributed by atoms with van der Waals surface area (Å²) in [7, 11) is -3.72. The molecule has 4 nitrogen and oxygen atoms in total. The van der Waals surface area contributed by atoms with Gasteiger partial charge in [0.05, 0.1) is 16.6 Å². The molecule has 70 valence electrons. The van der Waals surface area contributed by atoms with Gasteiger partial charge in [-0.1, -0.05) is 18.2 Å². The molecule has 6 heteroatoms. The zero-order valence-electron chi connectivity index (χ0n) is 7.64. The van der Waals surface area contributed by atoms with Crippen LogP contribution in [0.25, 0.3) is 0 Å².